The molecule has 0 unspecified atom stereocenters. The predicted octanol–water partition coefficient (Wildman–Crippen LogP) is 1.32. The number of amides is 1. The third-order valence-electron chi connectivity index (χ3n) is 2.91. The van der Waals surface area contributed by atoms with E-state index in [0.717, 1.165) is 6.54 Å². The van der Waals surface area contributed by atoms with E-state index in [9.17, 15) is 4.79 Å². The predicted molar refractivity (Wildman–Crippen MR) is 65.3 cm³/mol. The maximum absolute atomic E-state index is 12.3. The van der Waals surface area contributed by atoms with Gasteiger partial charge < -0.3 is 10.6 Å². The molecule has 2 N–H and O–H groups in total. The Hall–Kier alpha value is -1.65. The number of hydrogen-bond acceptors (Lipinski definition) is 4. The van der Waals surface area contributed by atoms with Crippen molar-refractivity contribution in [3.05, 3.63) is 18.1 Å². The molecule has 0 saturated heterocycles. The molecule has 1 fully saturated rings. The highest BCUT2D eigenvalue weighted by molar-refractivity contribution is 5.92. The highest BCUT2D eigenvalue weighted by Gasteiger charge is 2.29. The van der Waals surface area contributed by atoms with Gasteiger partial charge in [0, 0.05) is 12.6 Å². The first kappa shape index (κ1) is 11.8. The lowest BCUT2D eigenvalue weighted by Crippen LogP contribution is -2.39. The fourth-order valence-corrected chi connectivity index (χ4v) is 1.74. The molecule has 0 aliphatic heterocycles. The molecule has 0 bridgehead atoms. The van der Waals surface area contributed by atoms with Crippen LogP contribution < -0.4 is 5.73 Å². The number of anilines is 1. The number of rotatable bonds is 4. The van der Waals surface area contributed by atoms with Gasteiger partial charge >= 0.3 is 0 Å². The number of carbonyl (C=O) groups excluding carboxylic acids is 1. The van der Waals surface area contributed by atoms with Crippen molar-refractivity contribution < 1.29 is 4.79 Å². The fourth-order valence-electron chi connectivity index (χ4n) is 1.74. The molecule has 1 aliphatic carbocycles. The molecular formula is C12H18N4O. The minimum absolute atomic E-state index is 0.0771. The van der Waals surface area contributed by atoms with Gasteiger partial charge in [0.05, 0.1) is 12.4 Å². The summed E-state index contributed by atoms with van der Waals surface area (Å²) < 4.78 is 0. The van der Waals surface area contributed by atoms with Gasteiger partial charge in [-0.15, -0.1) is 0 Å². The van der Waals surface area contributed by atoms with Crippen LogP contribution in [0, 0.1) is 5.92 Å². The lowest BCUT2D eigenvalue weighted by Gasteiger charge is -2.26. The molecular weight excluding hydrogens is 216 g/mol. The molecule has 1 aliphatic rings. The van der Waals surface area contributed by atoms with Crippen molar-refractivity contribution in [3.8, 4) is 0 Å². The number of nitrogens with two attached hydrogens (primary N) is 1. The molecule has 1 heterocycles. The van der Waals surface area contributed by atoms with Crippen LogP contribution in [-0.4, -0.2) is 33.4 Å². The Bertz CT molecular complexity index is 415. The van der Waals surface area contributed by atoms with Crippen LogP contribution in [0.25, 0.3) is 0 Å². The average Bonchev–Trinajstić information content (AvgIpc) is 3.08. The van der Waals surface area contributed by atoms with Crippen molar-refractivity contribution in [1.82, 2.24) is 14.9 Å². The molecule has 0 radical (unpaired) electrons. The highest BCUT2D eigenvalue weighted by atomic mass is 16.2. The monoisotopic (exact) mass is 234 g/mol. The smallest absolute Gasteiger partial charge is 0.274 e. The summed E-state index contributed by atoms with van der Waals surface area (Å²) in [6.45, 7) is 4.84. The Balaban J connectivity index is 2.14. The Kier molecular flexibility index (Phi) is 3.26. The Labute approximate surface area is 101 Å². The quantitative estimate of drug-likeness (QED) is 0.852. The molecule has 1 aromatic heterocycles. The van der Waals surface area contributed by atoms with Crippen molar-refractivity contribution in [2.24, 2.45) is 5.92 Å². The van der Waals surface area contributed by atoms with E-state index < -0.39 is 0 Å². The summed E-state index contributed by atoms with van der Waals surface area (Å²) in [5.74, 6) is 0.869. The molecule has 1 amide bonds. The summed E-state index contributed by atoms with van der Waals surface area (Å²) in [4.78, 5) is 22.1. The van der Waals surface area contributed by atoms with Crippen LogP contribution in [0.5, 0.6) is 0 Å². The second-order valence-corrected chi connectivity index (χ2v) is 4.82. The van der Waals surface area contributed by atoms with Crippen LogP contribution in [-0.2, 0) is 0 Å². The van der Waals surface area contributed by atoms with Gasteiger partial charge in [-0.25, -0.2) is 4.98 Å². The van der Waals surface area contributed by atoms with Crippen molar-refractivity contribution in [1.29, 1.82) is 0 Å². The largest absolute Gasteiger partial charge is 0.382 e. The van der Waals surface area contributed by atoms with Gasteiger partial charge in [0.2, 0.25) is 0 Å². The van der Waals surface area contributed by atoms with Crippen LogP contribution in [0.4, 0.5) is 5.82 Å². The van der Waals surface area contributed by atoms with E-state index in [1.165, 1.54) is 25.2 Å². The lowest BCUT2D eigenvalue weighted by atomic mass is 10.2. The maximum Gasteiger partial charge on any atom is 0.274 e. The first-order chi connectivity index (χ1) is 8.08. The van der Waals surface area contributed by atoms with Crippen LogP contribution in [0.3, 0.4) is 0 Å². The second kappa shape index (κ2) is 4.69. The minimum atomic E-state index is -0.0771. The maximum atomic E-state index is 12.3. The van der Waals surface area contributed by atoms with Crippen molar-refractivity contribution in [2.45, 2.75) is 32.7 Å². The number of hydrogen-bond donors (Lipinski definition) is 1. The third kappa shape index (κ3) is 2.93. The Morgan fingerprint density at radius 2 is 2.24 bits per heavy atom. The Morgan fingerprint density at radius 1 is 1.53 bits per heavy atom. The van der Waals surface area contributed by atoms with Crippen molar-refractivity contribution >= 4 is 11.7 Å². The van der Waals surface area contributed by atoms with Crippen molar-refractivity contribution in [2.75, 3.05) is 12.3 Å². The normalized spacial score (nSPS) is 15.0. The van der Waals surface area contributed by atoms with Gasteiger partial charge in [-0.2, -0.15) is 0 Å². The molecule has 1 aromatic rings. The van der Waals surface area contributed by atoms with E-state index in [4.69, 9.17) is 5.73 Å². The Morgan fingerprint density at radius 3 is 2.76 bits per heavy atom. The molecule has 0 atom stereocenters. The number of aromatic nitrogens is 2. The van der Waals surface area contributed by atoms with E-state index in [1.807, 2.05) is 18.7 Å². The first-order valence-electron chi connectivity index (χ1n) is 5.96. The summed E-state index contributed by atoms with van der Waals surface area (Å²) in [6.07, 6.45) is 5.36. The van der Waals surface area contributed by atoms with E-state index in [0.29, 0.717) is 11.6 Å². The van der Waals surface area contributed by atoms with E-state index >= 15 is 0 Å². The van der Waals surface area contributed by atoms with Crippen LogP contribution >= 0.6 is 0 Å². The highest BCUT2D eigenvalue weighted by Crippen LogP contribution is 2.30. The topological polar surface area (TPSA) is 72.1 Å². The third-order valence-corrected chi connectivity index (χ3v) is 2.91. The molecule has 5 nitrogen and oxygen atoms in total. The summed E-state index contributed by atoms with van der Waals surface area (Å²) in [5.41, 5.74) is 5.87. The molecule has 1 saturated carbocycles. The average molecular weight is 234 g/mol. The van der Waals surface area contributed by atoms with Gasteiger partial charge in [-0.1, -0.05) is 0 Å². The standard InChI is InChI=1S/C12H18N4O/c1-8(2)16(7-9-3-4-9)12(17)10-5-14-6-11(13)15-10/h5-6,8-9H,3-4,7H2,1-2H3,(H2,13,15). The van der Waals surface area contributed by atoms with E-state index in [2.05, 4.69) is 9.97 Å². The van der Waals surface area contributed by atoms with Crippen LogP contribution in [0.15, 0.2) is 12.4 Å². The first-order valence-corrected chi connectivity index (χ1v) is 5.96. The van der Waals surface area contributed by atoms with Crippen LogP contribution in [0.2, 0.25) is 0 Å². The molecule has 5 heteroatoms. The fraction of sp³-hybridized carbons (Fsp3) is 0.583. The lowest BCUT2D eigenvalue weighted by molar-refractivity contribution is 0.0690. The second-order valence-electron chi connectivity index (χ2n) is 4.82. The molecule has 0 aromatic carbocycles. The summed E-state index contributed by atoms with van der Waals surface area (Å²) in [6, 6.07) is 0.173. The number of nitrogens with zero attached hydrogens (tertiary/aromatic N) is 3. The van der Waals surface area contributed by atoms with E-state index in [1.54, 1.807) is 0 Å². The minimum Gasteiger partial charge on any atom is -0.382 e. The SMILES string of the molecule is CC(C)N(CC1CC1)C(=O)c1cncc(N)n1. The van der Waals surface area contributed by atoms with E-state index in [-0.39, 0.29) is 17.8 Å². The van der Waals surface area contributed by atoms with Gasteiger partial charge in [0.25, 0.3) is 5.91 Å². The molecule has 2 rings (SSSR count). The van der Waals surface area contributed by atoms with Gasteiger partial charge in [-0.05, 0) is 32.6 Å². The van der Waals surface area contributed by atoms with Gasteiger partial charge in [-0.3, -0.25) is 9.78 Å². The van der Waals surface area contributed by atoms with Crippen LogP contribution in [0.1, 0.15) is 37.2 Å². The molecule has 17 heavy (non-hydrogen) atoms. The molecule has 92 valence electrons. The number of carbonyl (C=O) groups is 1. The summed E-state index contributed by atoms with van der Waals surface area (Å²) in [7, 11) is 0. The zero-order chi connectivity index (χ0) is 12.4. The summed E-state index contributed by atoms with van der Waals surface area (Å²) >= 11 is 0. The summed E-state index contributed by atoms with van der Waals surface area (Å²) in [5, 5.41) is 0. The zero-order valence-electron chi connectivity index (χ0n) is 10.3. The van der Waals surface area contributed by atoms with Crippen molar-refractivity contribution in [3.63, 3.8) is 0 Å². The van der Waals surface area contributed by atoms with Gasteiger partial charge in [0.1, 0.15) is 11.5 Å². The number of nitrogen functional groups attached to an aromatic ring is 1. The molecule has 0 spiro atoms. The van der Waals surface area contributed by atoms with Gasteiger partial charge in [0.15, 0.2) is 0 Å². The zero-order valence-corrected chi connectivity index (χ0v) is 10.3.